The fourth-order valence-electron chi connectivity index (χ4n) is 2.00. The second-order valence-electron chi connectivity index (χ2n) is 3.78. The third-order valence-corrected chi connectivity index (χ3v) is 2.77. The van der Waals surface area contributed by atoms with Gasteiger partial charge in [-0.3, -0.25) is 4.79 Å². The Morgan fingerprint density at radius 2 is 2.27 bits per heavy atom. The van der Waals surface area contributed by atoms with E-state index in [4.69, 9.17) is 5.73 Å². The monoisotopic (exact) mass is 206 g/mol. The van der Waals surface area contributed by atoms with Crippen molar-refractivity contribution in [1.82, 2.24) is 0 Å². The van der Waals surface area contributed by atoms with Crippen LogP contribution in [0.3, 0.4) is 0 Å². The summed E-state index contributed by atoms with van der Waals surface area (Å²) in [7, 11) is 0. The minimum atomic E-state index is 0.000112. The third-order valence-electron chi connectivity index (χ3n) is 2.77. The van der Waals surface area contributed by atoms with Gasteiger partial charge in [0.2, 0.25) is 5.91 Å². The van der Waals surface area contributed by atoms with Crippen molar-refractivity contribution in [2.45, 2.75) is 19.8 Å². The van der Waals surface area contributed by atoms with E-state index in [1.165, 1.54) is 6.92 Å². The van der Waals surface area contributed by atoms with Gasteiger partial charge in [0.1, 0.15) is 5.75 Å². The van der Waals surface area contributed by atoms with Crippen molar-refractivity contribution in [3.05, 3.63) is 17.7 Å². The van der Waals surface area contributed by atoms with Gasteiger partial charge in [-0.15, -0.1) is 0 Å². The predicted octanol–water partition coefficient (Wildman–Crippen LogP) is 1.27. The van der Waals surface area contributed by atoms with Crippen LogP contribution in [0.25, 0.3) is 0 Å². The van der Waals surface area contributed by atoms with Crippen molar-refractivity contribution in [1.29, 1.82) is 0 Å². The van der Waals surface area contributed by atoms with Gasteiger partial charge in [0, 0.05) is 19.0 Å². The molecular formula is C11H14N2O2. The van der Waals surface area contributed by atoms with Crippen LogP contribution in [0.5, 0.6) is 5.75 Å². The number of rotatable bonds is 0. The lowest BCUT2D eigenvalue weighted by Gasteiger charge is -2.29. The number of nitrogen functional groups attached to an aromatic ring is 1. The lowest BCUT2D eigenvalue weighted by atomic mass is 10.00. The molecule has 4 nitrogen and oxygen atoms in total. The molecule has 4 heteroatoms. The minimum Gasteiger partial charge on any atom is -0.505 e. The number of phenols is 1. The van der Waals surface area contributed by atoms with E-state index in [1.54, 1.807) is 17.0 Å². The van der Waals surface area contributed by atoms with E-state index in [2.05, 4.69) is 0 Å². The molecule has 1 amide bonds. The highest BCUT2D eigenvalue weighted by Gasteiger charge is 2.22. The van der Waals surface area contributed by atoms with Crippen LogP contribution in [0.1, 0.15) is 18.9 Å². The van der Waals surface area contributed by atoms with Gasteiger partial charge >= 0.3 is 0 Å². The van der Waals surface area contributed by atoms with Gasteiger partial charge < -0.3 is 15.7 Å². The lowest BCUT2D eigenvalue weighted by Crippen LogP contribution is -2.33. The molecule has 1 aromatic carbocycles. The number of carbonyl (C=O) groups is 1. The number of hydrogen-bond acceptors (Lipinski definition) is 3. The number of phenolic OH excluding ortho intramolecular Hbond substituents is 1. The van der Waals surface area contributed by atoms with Crippen molar-refractivity contribution < 1.29 is 9.90 Å². The molecule has 3 N–H and O–H groups in total. The second kappa shape index (κ2) is 3.46. The van der Waals surface area contributed by atoms with Crippen LogP contribution in [0, 0.1) is 0 Å². The Labute approximate surface area is 88.3 Å². The minimum absolute atomic E-state index is 0.000112. The fourth-order valence-corrected chi connectivity index (χ4v) is 2.00. The van der Waals surface area contributed by atoms with Crippen molar-refractivity contribution in [2.24, 2.45) is 0 Å². The number of fused-ring (bicyclic) bond motifs is 1. The van der Waals surface area contributed by atoms with Crippen molar-refractivity contribution in [3.63, 3.8) is 0 Å². The molecule has 80 valence electrons. The smallest absolute Gasteiger partial charge is 0.223 e. The zero-order chi connectivity index (χ0) is 11.0. The summed E-state index contributed by atoms with van der Waals surface area (Å²) < 4.78 is 0. The molecular weight excluding hydrogens is 192 g/mol. The summed E-state index contributed by atoms with van der Waals surface area (Å²) >= 11 is 0. The van der Waals surface area contributed by atoms with E-state index in [-0.39, 0.29) is 11.7 Å². The van der Waals surface area contributed by atoms with E-state index in [9.17, 15) is 9.90 Å². The molecule has 0 unspecified atom stereocenters. The largest absolute Gasteiger partial charge is 0.505 e. The normalized spacial score (nSPS) is 14.9. The van der Waals surface area contributed by atoms with Gasteiger partial charge in [-0.25, -0.2) is 0 Å². The van der Waals surface area contributed by atoms with Gasteiger partial charge in [0.15, 0.2) is 0 Å². The van der Waals surface area contributed by atoms with Crippen LogP contribution in [0.2, 0.25) is 0 Å². The highest BCUT2D eigenvalue weighted by Crippen LogP contribution is 2.37. The first-order chi connectivity index (χ1) is 7.11. The Morgan fingerprint density at radius 1 is 1.53 bits per heavy atom. The van der Waals surface area contributed by atoms with E-state index < -0.39 is 0 Å². The second-order valence-corrected chi connectivity index (χ2v) is 3.78. The fraction of sp³-hybridized carbons (Fsp3) is 0.364. The van der Waals surface area contributed by atoms with Gasteiger partial charge in [-0.05, 0) is 25.0 Å². The standard InChI is InChI=1S/C11H14N2O2/c1-7(14)13-6-2-3-8-10(13)5-4-9(12)11(8)15/h4-5,15H,2-3,6,12H2,1H3. The maximum Gasteiger partial charge on any atom is 0.223 e. The molecule has 0 aliphatic carbocycles. The number of benzene rings is 1. The zero-order valence-corrected chi connectivity index (χ0v) is 8.66. The first kappa shape index (κ1) is 9.83. The average molecular weight is 206 g/mol. The number of hydrogen-bond donors (Lipinski definition) is 2. The van der Waals surface area contributed by atoms with E-state index in [1.807, 2.05) is 0 Å². The molecule has 1 heterocycles. The van der Waals surface area contributed by atoms with Gasteiger partial charge in [0.25, 0.3) is 0 Å². The molecule has 0 bridgehead atoms. The quantitative estimate of drug-likeness (QED) is 0.496. The number of nitrogens with two attached hydrogens (primary N) is 1. The van der Waals surface area contributed by atoms with Crippen LogP contribution >= 0.6 is 0 Å². The number of aromatic hydroxyl groups is 1. The SMILES string of the molecule is CC(=O)N1CCCc2c1ccc(N)c2O. The van der Waals surface area contributed by atoms with E-state index in [0.717, 1.165) is 24.1 Å². The van der Waals surface area contributed by atoms with Crippen molar-refractivity contribution >= 4 is 17.3 Å². The van der Waals surface area contributed by atoms with Crippen molar-refractivity contribution in [3.8, 4) is 5.75 Å². The summed E-state index contributed by atoms with van der Waals surface area (Å²) in [6, 6.07) is 3.43. The summed E-state index contributed by atoms with van der Waals surface area (Å²) in [5.74, 6) is 0.124. The molecule has 0 fully saturated rings. The highest BCUT2D eigenvalue weighted by molar-refractivity contribution is 5.93. The zero-order valence-electron chi connectivity index (χ0n) is 8.66. The number of amides is 1. The molecule has 0 saturated heterocycles. The summed E-state index contributed by atoms with van der Waals surface area (Å²) in [5, 5.41) is 9.78. The maximum absolute atomic E-state index is 11.4. The summed E-state index contributed by atoms with van der Waals surface area (Å²) in [4.78, 5) is 13.0. The molecule has 0 spiro atoms. The first-order valence-corrected chi connectivity index (χ1v) is 4.99. The topological polar surface area (TPSA) is 66.6 Å². The molecule has 0 saturated carbocycles. The summed E-state index contributed by atoms with van der Waals surface area (Å²) in [6.45, 7) is 2.24. The van der Waals surface area contributed by atoms with E-state index in [0.29, 0.717) is 12.2 Å². The van der Waals surface area contributed by atoms with Gasteiger partial charge in [-0.2, -0.15) is 0 Å². The van der Waals surface area contributed by atoms with Crippen LogP contribution in [0.4, 0.5) is 11.4 Å². The molecule has 0 radical (unpaired) electrons. The van der Waals surface area contributed by atoms with Crippen LogP contribution in [-0.4, -0.2) is 17.6 Å². The number of anilines is 2. The Kier molecular flexibility index (Phi) is 2.26. The maximum atomic E-state index is 11.4. The molecule has 1 aromatic rings. The average Bonchev–Trinajstić information content (AvgIpc) is 2.23. The van der Waals surface area contributed by atoms with Crippen molar-refractivity contribution in [2.75, 3.05) is 17.2 Å². The molecule has 0 atom stereocenters. The molecule has 2 rings (SSSR count). The first-order valence-electron chi connectivity index (χ1n) is 4.99. The highest BCUT2D eigenvalue weighted by atomic mass is 16.3. The molecule has 15 heavy (non-hydrogen) atoms. The molecule has 1 aliphatic heterocycles. The number of carbonyl (C=O) groups excluding carboxylic acids is 1. The summed E-state index contributed by atoms with van der Waals surface area (Å²) in [5.41, 5.74) is 7.57. The molecule has 1 aliphatic rings. The van der Waals surface area contributed by atoms with Crippen LogP contribution in [0.15, 0.2) is 12.1 Å². The Bertz CT molecular complexity index is 415. The lowest BCUT2D eigenvalue weighted by molar-refractivity contribution is -0.116. The Balaban J connectivity index is 2.54. The third kappa shape index (κ3) is 1.52. The Hall–Kier alpha value is -1.71. The molecule has 0 aromatic heterocycles. The van der Waals surface area contributed by atoms with Gasteiger partial charge in [-0.1, -0.05) is 0 Å². The van der Waals surface area contributed by atoms with Crippen LogP contribution in [-0.2, 0) is 11.2 Å². The number of nitrogens with zero attached hydrogens (tertiary/aromatic N) is 1. The predicted molar refractivity (Wildman–Crippen MR) is 58.9 cm³/mol. The Morgan fingerprint density at radius 3 is 2.93 bits per heavy atom. The van der Waals surface area contributed by atoms with E-state index >= 15 is 0 Å². The van der Waals surface area contributed by atoms with Crippen LogP contribution < -0.4 is 10.6 Å². The summed E-state index contributed by atoms with van der Waals surface area (Å²) in [6.07, 6.45) is 1.64. The van der Waals surface area contributed by atoms with Gasteiger partial charge in [0.05, 0.1) is 11.4 Å².